The summed E-state index contributed by atoms with van der Waals surface area (Å²) in [4.78, 5) is 14.5. The minimum absolute atomic E-state index is 0.116. The summed E-state index contributed by atoms with van der Waals surface area (Å²) in [5, 5.41) is 3.15. The summed E-state index contributed by atoms with van der Waals surface area (Å²) in [5.41, 5.74) is 1.09. The molecule has 0 aliphatic heterocycles. The summed E-state index contributed by atoms with van der Waals surface area (Å²) < 4.78 is 27.5. The molecule has 0 atom stereocenters. The largest absolute Gasteiger partial charge is 0.353 e. The Balaban J connectivity index is 2.37. The highest BCUT2D eigenvalue weighted by Gasteiger charge is 2.28. The van der Waals surface area contributed by atoms with Gasteiger partial charge in [-0.2, -0.15) is 0 Å². The zero-order chi connectivity index (χ0) is 20.0. The van der Waals surface area contributed by atoms with E-state index in [0.29, 0.717) is 29.4 Å². The summed E-state index contributed by atoms with van der Waals surface area (Å²) >= 11 is 6.08. The predicted octanol–water partition coefficient (Wildman–Crippen LogP) is 2.52. The van der Waals surface area contributed by atoms with Gasteiger partial charge < -0.3 is 10.2 Å². The molecule has 146 valence electrons. The molecule has 1 N–H and O–H groups in total. The molecule has 2 rings (SSSR count). The lowest BCUT2D eigenvalue weighted by Gasteiger charge is -2.26. The first-order valence-electron chi connectivity index (χ1n) is 8.47. The fourth-order valence-corrected chi connectivity index (χ4v) is 4.14. The van der Waals surface area contributed by atoms with Gasteiger partial charge in [0.15, 0.2) is 0 Å². The zero-order valence-electron chi connectivity index (χ0n) is 15.6. The standard InChI is InChI=1S/C19H24ClN3O3S/c1-15-9-10-16(20)13-18(15)23(14-19(24)21-11-12-22(2)3)27(25,26)17-7-5-4-6-8-17/h4-10,13H,11-12,14H2,1-3H3,(H,21,24). The lowest BCUT2D eigenvalue weighted by molar-refractivity contribution is -0.119. The maximum absolute atomic E-state index is 13.2. The maximum atomic E-state index is 13.2. The molecule has 0 unspecified atom stereocenters. The third-order valence-electron chi connectivity index (χ3n) is 3.94. The van der Waals surface area contributed by atoms with Crippen LogP contribution in [0.25, 0.3) is 0 Å². The van der Waals surface area contributed by atoms with Gasteiger partial charge in [0.1, 0.15) is 6.54 Å². The van der Waals surface area contributed by atoms with Crippen molar-refractivity contribution in [2.75, 3.05) is 38.0 Å². The van der Waals surface area contributed by atoms with Gasteiger partial charge in [0.2, 0.25) is 5.91 Å². The Bertz CT molecular complexity index is 886. The molecule has 8 heteroatoms. The zero-order valence-corrected chi connectivity index (χ0v) is 17.2. The first-order chi connectivity index (χ1) is 12.7. The molecule has 0 aromatic heterocycles. The second-order valence-electron chi connectivity index (χ2n) is 6.41. The van der Waals surface area contributed by atoms with Crippen molar-refractivity contribution in [1.82, 2.24) is 10.2 Å². The molecule has 0 saturated heterocycles. The number of hydrogen-bond donors (Lipinski definition) is 1. The lowest BCUT2D eigenvalue weighted by atomic mass is 10.2. The van der Waals surface area contributed by atoms with Crippen molar-refractivity contribution >= 4 is 33.2 Å². The van der Waals surface area contributed by atoms with E-state index in [0.717, 1.165) is 4.31 Å². The number of halogens is 1. The van der Waals surface area contributed by atoms with Gasteiger partial charge in [-0.25, -0.2) is 8.42 Å². The van der Waals surface area contributed by atoms with Gasteiger partial charge in [-0.15, -0.1) is 0 Å². The van der Waals surface area contributed by atoms with Crippen molar-refractivity contribution in [2.45, 2.75) is 11.8 Å². The minimum atomic E-state index is -3.93. The molecule has 0 radical (unpaired) electrons. The quantitative estimate of drug-likeness (QED) is 0.727. The summed E-state index contributed by atoms with van der Waals surface area (Å²) in [7, 11) is -0.133. The van der Waals surface area contributed by atoms with E-state index in [-0.39, 0.29) is 17.3 Å². The SMILES string of the molecule is Cc1ccc(Cl)cc1N(CC(=O)NCCN(C)C)S(=O)(=O)c1ccccc1. The van der Waals surface area contributed by atoms with Crippen LogP contribution in [0.4, 0.5) is 5.69 Å². The molecule has 2 aromatic rings. The average molecular weight is 410 g/mol. The number of hydrogen-bond acceptors (Lipinski definition) is 4. The van der Waals surface area contributed by atoms with Gasteiger partial charge in [-0.05, 0) is 50.8 Å². The van der Waals surface area contributed by atoms with E-state index in [2.05, 4.69) is 5.32 Å². The molecule has 0 heterocycles. The molecule has 0 fully saturated rings. The smallest absolute Gasteiger partial charge is 0.264 e. The van der Waals surface area contributed by atoms with Crippen molar-refractivity contribution in [2.24, 2.45) is 0 Å². The molecule has 6 nitrogen and oxygen atoms in total. The highest BCUT2D eigenvalue weighted by Crippen LogP contribution is 2.29. The first kappa shape index (κ1) is 21.2. The number of sulfonamides is 1. The van der Waals surface area contributed by atoms with Crippen LogP contribution in [0.3, 0.4) is 0 Å². The molecule has 0 saturated carbocycles. The highest BCUT2D eigenvalue weighted by atomic mass is 35.5. The number of likely N-dealkylation sites (N-methyl/N-ethyl adjacent to an activating group) is 1. The summed E-state index contributed by atoms with van der Waals surface area (Å²) in [6.45, 7) is 2.54. The van der Waals surface area contributed by atoms with Crippen LogP contribution in [0.15, 0.2) is 53.4 Å². The normalized spacial score (nSPS) is 11.4. The second-order valence-corrected chi connectivity index (χ2v) is 8.71. The topological polar surface area (TPSA) is 69.7 Å². The van der Waals surface area contributed by atoms with Crippen molar-refractivity contribution < 1.29 is 13.2 Å². The van der Waals surface area contributed by atoms with Gasteiger partial charge in [-0.3, -0.25) is 9.10 Å². The Kier molecular flexibility index (Phi) is 7.24. The van der Waals surface area contributed by atoms with Gasteiger partial charge in [0.25, 0.3) is 10.0 Å². The van der Waals surface area contributed by atoms with Crippen molar-refractivity contribution in [3.8, 4) is 0 Å². The third kappa shape index (κ3) is 5.69. The predicted molar refractivity (Wildman–Crippen MR) is 109 cm³/mol. The van der Waals surface area contributed by atoms with E-state index >= 15 is 0 Å². The Hall–Kier alpha value is -2.09. The fourth-order valence-electron chi connectivity index (χ4n) is 2.48. The van der Waals surface area contributed by atoms with Gasteiger partial charge in [-0.1, -0.05) is 35.9 Å². The van der Waals surface area contributed by atoms with Crippen LogP contribution in [0, 0.1) is 6.92 Å². The molecule has 1 amide bonds. The van der Waals surface area contributed by atoms with Gasteiger partial charge in [0.05, 0.1) is 10.6 Å². The molecule has 0 aliphatic rings. The van der Waals surface area contributed by atoms with Crippen molar-refractivity contribution in [3.63, 3.8) is 0 Å². The van der Waals surface area contributed by atoms with Crippen LogP contribution in [0.5, 0.6) is 0 Å². The van der Waals surface area contributed by atoms with Gasteiger partial charge in [0, 0.05) is 18.1 Å². The van der Waals surface area contributed by atoms with Gasteiger partial charge >= 0.3 is 0 Å². The van der Waals surface area contributed by atoms with Crippen LogP contribution in [0.1, 0.15) is 5.56 Å². The maximum Gasteiger partial charge on any atom is 0.264 e. The number of carbonyl (C=O) groups is 1. The number of amides is 1. The first-order valence-corrected chi connectivity index (χ1v) is 10.3. The Labute approximate surface area is 165 Å². The van der Waals surface area contributed by atoms with Crippen LogP contribution < -0.4 is 9.62 Å². The molecular weight excluding hydrogens is 386 g/mol. The summed E-state index contributed by atoms with van der Waals surface area (Å²) in [6.07, 6.45) is 0. The molecule has 0 bridgehead atoms. The monoisotopic (exact) mass is 409 g/mol. The highest BCUT2D eigenvalue weighted by molar-refractivity contribution is 7.92. The molecular formula is C19H24ClN3O3S. The second kappa shape index (κ2) is 9.21. The Morgan fingerprint density at radius 3 is 2.41 bits per heavy atom. The van der Waals surface area contributed by atoms with Crippen molar-refractivity contribution in [1.29, 1.82) is 0 Å². The fraction of sp³-hybridized carbons (Fsp3) is 0.316. The molecule has 0 spiro atoms. The number of carbonyl (C=O) groups excluding carboxylic acids is 1. The lowest BCUT2D eigenvalue weighted by Crippen LogP contribution is -2.42. The Morgan fingerprint density at radius 1 is 1.11 bits per heavy atom. The number of anilines is 1. The number of aryl methyl sites for hydroxylation is 1. The molecule has 0 aliphatic carbocycles. The third-order valence-corrected chi connectivity index (χ3v) is 5.95. The van der Waals surface area contributed by atoms with E-state index in [1.165, 1.54) is 12.1 Å². The number of benzene rings is 2. The minimum Gasteiger partial charge on any atom is -0.353 e. The number of nitrogens with zero attached hydrogens (tertiary/aromatic N) is 2. The van der Waals surface area contributed by atoms with E-state index < -0.39 is 10.0 Å². The van der Waals surface area contributed by atoms with Crippen LogP contribution in [0.2, 0.25) is 5.02 Å². The van der Waals surface area contributed by atoms with E-state index in [1.54, 1.807) is 43.3 Å². The van der Waals surface area contributed by atoms with Crippen LogP contribution >= 0.6 is 11.6 Å². The summed E-state index contributed by atoms with van der Waals surface area (Å²) in [6, 6.07) is 13.0. The molecule has 2 aromatic carbocycles. The number of rotatable bonds is 8. The van der Waals surface area contributed by atoms with Crippen LogP contribution in [-0.4, -0.2) is 53.0 Å². The van der Waals surface area contributed by atoms with Crippen LogP contribution in [-0.2, 0) is 14.8 Å². The van der Waals surface area contributed by atoms with Crippen molar-refractivity contribution in [3.05, 3.63) is 59.1 Å². The average Bonchev–Trinajstić information content (AvgIpc) is 2.62. The van der Waals surface area contributed by atoms with E-state index in [9.17, 15) is 13.2 Å². The molecule has 27 heavy (non-hydrogen) atoms. The number of nitrogens with one attached hydrogen (secondary N) is 1. The summed E-state index contributed by atoms with van der Waals surface area (Å²) in [5.74, 6) is -0.379. The van der Waals surface area contributed by atoms with E-state index in [4.69, 9.17) is 11.6 Å². The van der Waals surface area contributed by atoms with E-state index in [1.807, 2.05) is 19.0 Å². The Morgan fingerprint density at radius 2 is 1.78 bits per heavy atom.